The van der Waals surface area contributed by atoms with Crippen LogP contribution < -0.4 is 9.73 Å². The molecule has 170 valence electrons. The Labute approximate surface area is 191 Å². The maximum absolute atomic E-state index is 12.5. The van der Waals surface area contributed by atoms with E-state index in [1.165, 1.54) is 34.6 Å². The third-order valence-electron chi connectivity index (χ3n) is 4.79. The average Bonchev–Trinajstić information content (AvgIpc) is 2.81. The van der Waals surface area contributed by atoms with Crippen molar-refractivity contribution < 1.29 is 18.1 Å². The van der Waals surface area contributed by atoms with Crippen molar-refractivity contribution in [3.63, 3.8) is 0 Å². The van der Waals surface area contributed by atoms with Gasteiger partial charge in [-0.15, -0.1) is 0 Å². The predicted molar refractivity (Wildman–Crippen MR) is 127 cm³/mol. The Balaban J connectivity index is 1.74. The third kappa shape index (κ3) is 6.23. The van der Waals surface area contributed by atoms with Gasteiger partial charge in [-0.2, -0.15) is 5.10 Å². The van der Waals surface area contributed by atoms with Gasteiger partial charge < -0.3 is 0 Å². The quantitative estimate of drug-likeness (QED) is 0.308. The van der Waals surface area contributed by atoms with Crippen LogP contribution in [0.3, 0.4) is 0 Å². The molecule has 0 fully saturated rings. The molecular weight excluding hydrogens is 444 g/mol. The summed E-state index contributed by atoms with van der Waals surface area (Å²) in [5.41, 5.74) is 4.77. The van der Waals surface area contributed by atoms with E-state index in [9.17, 15) is 23.3 Å². The molecule has 33 heavy (non-hydrogen) atoms. The fraction of sp³-hybridized carbons (Fsp3) is 0.130. The molecule has 1 N–H and O–H groups in total. The van der Waals surface area contributed by atoms with Crippen LogP contribution in [0.1, 0.15) is 28.4 Å². The molecule has 0 aliphatic heterocycles. The van der Waals surface area contributed by atoms with Crippen molar-refractivity contribution in [3.8, 4) is 0 Å². The summed E-state index contributed by atoms with van der Waals surface area (Å²) >= 11 is 0. The summed E-state index contributed by atoms with van der Waals surface area (Å²) in [4.78, 5) is 22.9. The van der Waals surface area contributed by atoms with E-state index >= 15 is 0 Å². The zero-order valence-electron chi connectivity index (χ0n) is 18.0. The minimum atomic E-state index is -3.55. The van der Waals surface area contributed by atoms with E-state index in [1.54, 1.807) is 25.1 Å². The Morgan fingerprint density at radius 1 is 1.00 bits per heavy atom. The second-order valence-electron chi connectivity index (χ2n) is 7.25. The molecule has 0 saturated carbocycles. The van der Waals surface area contributed by atoms with Gasteiger partial charge in [0.1, 0.15) is 0 Å². The molecule has 0 spiro atoms. The molecule has 9 nitrogen and oxygen atoms in total. The maximum atomic E-state index is 12.5. The monoisotopic (exact) mass is 466 g/mol. The molecule has 3 aromatic carbocycles. The van der Waals surface area contributed by atoms with E-state index in [0.29, 0.717) is 17.0 Å². The molecule has 1 amide bonds. The summed E-state index contributed by atoms with van der Waals surface area (Å²) in [5, 5.41) is 14.9. The van der Waals surface area contributed by atoms with Crippen LogP contribution in [0.25, 0.3) is 0 Å². The second-order valence-corrected chi connectivity index (χ2v) is 9.15. The minimum Gasteiger partial charge on any atom is -0.267 e. The van der Waals surface area contributed by atoms with Crippen molar-refractivity contribution in [2.45, 2.75) is 13.5 Å². The zero-order valence-corrected chi connectivity index (χ0v) is 18.8. The highest BCUT2D eigenvalue weighted by Crippen LogP contribution is 2.21. The lowest BCUT2D eigenvalue weighted by Crippen LogP contribution is -2.29. The first-order chi connectivity index (χ1) is 15.6. The van der Waals surface area contributed by atoms with Crippen LogP contribution in [0.15, 0.2) is 84.0 Å². The molecule has 0 radical (unpaired) electrons. The van der Waals surface area contributed by atoms with Crippen LogP contribution in [0.4, 0.5) is 11.4 Å². The number of hydrogen-bond donors (Lipinski definition) is 1. The van der Waals surface area contributed by atoms with E-state index < -0.39 is 20.9 Å². The second kappa shape index (κ2) is 10.0. The van der Waals surface area contributed by atoms with Gasteiger partial charge in [-0.25, -0.2) is 13.8 Å². The number of carbonyl (C=O) groups is 1. The van der Waals surface area contributed by atoms with Crippen LogP contribution in [0, 0.1) is 10.1 Å². The Morgan fingerprint density at radius 3 is 2.27 bits per heavy atom. The molecule has 10 heteroatoms. The van der Waals surface area contributed by atoms with Gasteiger partial charge in [0, 0.05) is 23.3 Å². The van der Waals surface area contributed by atoms with E-state index in [4.69, 9.17) is 0 Å². The Morgan fingerprint density at radius 2 is 1.67 bits per heavy atom. The lowest BCUT2D eigenvalue weighted by Gasteiger charge is -2.22. The smallest absolute Gasteiger partial charge is 0.267 e. The Bertz CT molecular complexity index is 1290. The van der Waals surface area contributed by atoms with Crippen molar-refractivity contribution >= 4 is 33.0 Å². The molecule has 0 aliphatic carbocycles. The highest BCUT2D eigenvalue weighted by molar-refractivity contribution is 7.92. The van der Waals surface area contributed by atoms with Crippen LogP contribution in [0.2, 0.25) is 0 Å². The molecule has 0 saturated heterocycles. The summed E-state index contributed by atoms with van der Waals surface area (Å²) in [6.45, 7) is 1.79. The van der Waals surface area contributed by atoms with E-state index in [1.807, 2.05) is 30.3 Å². The number of non-ortho nitro benzene ring substituents is 1. The predicted octanol–water partition coefficient (Wildman–Crippen LogP) is 3.72. The van der Waals surface area contributed by atoms with Gasteiger partial charge in [0.15, 0.2) is 0 Å². The fourth-order valence-corrected chi connectivity index (χ4v) is 3.92. The maximum Gasteiger partial charge on any atom is 0.271 e. The number of hydrogen-bond acceptors (Lipinski definition) is 6. The number of nitrogens with one attached hydrogen (secondary N) is 1. The van der Waals surface area contributed by atoms with E-state index in [2.05, 4.69) is 10.5 Å². The first-order valence-corrected chi connectivity index (χ1v) is 11.7. The molecule has 3 rings (SSSR count). The summed E-state index contributed by atoms with van der Waals surface area (Å²) in [6, 6.07) is 21.2. The largest absolute Gasteiger partial charge is 0.271 e. The fourth-order valence-electron chi connectivity index (χ4n) is 3.04. The summed E-state index contributed by atoms with van der Waals surface area (Å²) in [7, 11) is -3.55. The zero-order chi connectivity index (χ0) is 24.0. The van der Waals surface area contributed by atoms with Gasteiger partial charge in [0.05, 0.1) is 29.1 Å². The van der Waals surface area contributed by atoms with Crippen molar-refractivity contribution in [1.29, 1.82) is 0 Å². The molecule has 0 atom stereocenters. The summed E-state index contributed by atoms with van der Waals surface area (Å²) < 4.78 is 25.9. The van der Waals surface area contributed by atoms with E-state index in [-0.39, 0.29) is 17.8 Å². The van der Waals surface area contributed by atoms with Gasteiger partial charge in [0.25, 0.3) is 11.6 Å². The summed E-state index contributed by atoms with van der Waals surface area (Å²) in [5.74, 6) is -0.500. The number of amides is 1. The average molecular weight is 467 g/mol. The number of nitro groups is 1. The first-order valence-electron chi connectivity index (χ1n) is 9.86. The topological polar surface area (TPSA) is 122 Å². The molecule has 0 heterocycles. The molecule has 0 aromatic heterocycles. The number of carbonyl (C=O) groups excluding carboxylic acids is 1. The lowest BCUT2D eigenvalue weighted by molar-refractivity contribution is -0.384. The minimum absolute atomic E-state index is 0.0742. The van der Waals surface area contributed by atoms with E-state index in [0.717, 1.165) is 11.8 Å². The molecule has 0 unspecified atom stereocenters. The van der Waals surface area contributed by atoms with Gasteiger partial charge in [0.2, 0.25) is 10.0 Å². The van der Waals surface area contributed by atoms with Gasteiger partial charge in [-0.05, 0) is 36.8 Å². The SMILES string of the molecule is C/C(=N/NC(=O)c1ccc(N(Cc2ccccc2)S(C)(=O)=O)cc1)c1cccc([N+](=O)[O-])c1. The van der Waals surface area contributed by atoms with Crippen LogP contribution in [-0.4, -0.2) is 31.2 Å². The number of nitro benzene ring substituents is 1. The van der Waals surface area contributed by atoms with Crippen LogP contribution in [-0.2, 0) is 16.6 Å². The Kier molecular flexibility index (Phi) is 7.19. The number of anilines is 1. The van der Waals surface area contributed by atoms with Gasteiger partial charge in [-0.3, -0.25) is 19.2 Å². The van der Waals surface area contributed by atoms with Crippen LogP contribution >= 0.6 is 0 Å². The Hall–Kier alpha value is -4.05. The number of sulfonamides is 1. The normalized spacial score (nSPS) is 11.6. The molecule has 0 aliphatic rings. The highest BCUT2D eigenvalue weighted by atomic mass is 32.2. The first kappa shape index (κ1) is 23.6. The van der Waals surface area contributed by atoms with Crippen molar-refractivity contribution in [2.75, 3.05) is 10.6 Å². The van der Waals surface area contributed by atoms with Crippen LogP contribution in [0.5, 0.6) is 0 Å². The van der Waals surface area contributed by atoms with Gasteiger partial charge in [-0.1, -0.05) is 42.5 Å². The standard InChI is InChI=1S/C23H22N4O5S/c1-17(20-9-6-10-22(15-20)27(29)30)24-25-23(28)19-11-13-21(14-12-19)26(33(2,31)32)16-18-7-4-3-5-8-18/h3-15H,16H2,1-2H3,(H,25,28)/b24-17-. The van der Waals surface area contributed by atoms with Gasteiger partial charge >= 0.3 is 0 Å². The van der Waals surface area contributed by atoms with Crippen molar-refractivity contribution in [2.24, 2.45) is 5.10 Å². The number of benzene rings is 3. The number of hydrazone groups is 1. The number of rotatable bonds is 8. The van der Waals surface area contributed by atoms with Crippen molar-refractivity contribution in [3.05, 3.63) is 106 Å². The molecular formula is C23H22N4O5S. The lowest BCUT2D eigenvalue weighted by atomic mass is 10.1. The molecule has 3 aromatic rings. The van der Waals surface area contributed by atoms with Crippen molar-refractivity contribution in [1.82, 2.24) is 5.43 Å². The number of nitrogens with zero attached hydrogens (tertiary/aromatic N) is 3. The summed E-state index contributed by atoms with van der Waals surface area (Å²) in [6.07, 6.45) is 1.13. The molecule has 0 bridgehead atoms. The highest BCUT2D eigenvalue weighted by Gasteiger charge is 2.18. The third-order valence-corrected chi connectivity index (χ3v) is 5.93.